The second-order valence-electron chi connectivity index (χ2n) is 5.24. The van der Waals surface area contributed by atoms with E-state index in [1.54, 1.807) is 18.2 Å². The normalized spacial score (nSPS) is 11.8. The Kier molecular flexibility index (Phi) is 4.49. The van der Waals surface area contributed by atoms with Crippen LogP contribution in [0.4, 0.5) is 0 Å². The summed E-state index contributed by atoms with van der Waals surface area (Å²) in [6, 6.07) is 6.90. The Bertz CT molecular complexity index is 748. The van der Waals surface area contributed by atoms with Crippen LogP contribution in [-0.4, -0.2) is 24.7 Å². The maximum atomic E-state index is 12.2. The molecule has 0 unspecified atom stereocenters. The first kappa shape index (κ1) is 15.7. The SMILES string of the molecule is Cc1cccc(S(=O)(=O)NCCc2c(C)nn(C)c2C)c1. The number of benzene rings is 1. The monoisotopic (exact) mass is 307 g/mol. The van der Waals surface area contributed by atoms with E-state index < -0.39 is 10.0 Å². The highest BCUT2D eigenvalue weighted by atomic mass is 32.2. The van der Waals surface area contributed by atoms with Crippen molar-refractivity contribution in [1.82, 2.24) is 14.5 Å². The largest absolute Gasteiger partial charge is 0.272 e. The molecule has 0 saturated heterocycles. The Balaban J connectivity index is 2.06. The van der Waals surface area contributed by atoms with Crippen molar-refractivity contribution in [3.05, 3.63) is 46.8 Å². The number of hydrogen-bond donors (Lipinski definition) is 1. The zero-order valence-electron chi connectivity index (χ0n) is 12.8. The maximum absolute atomic E-state index is 12.2. The number of nitrogens with zero attached hydrogens (tertiary/aromatic N) is 2. The number of rotatable bonds is 5. The van der Waals surface area contributed by atoms with Crippen LogP contribution < -0.4 is 4.72 Å². The Morgan fingerprint density at radius 3 is 2.52 bits per heavy atom. The quantitative estimate of drug-likeness (QED) is 0.917. The van der Waals surface area contributed by atoms with Crippen molar-refractivity contribution in [1.29, 1.82) is 0 Å². The number of nitrogens with one attached hydrogen (secondary N) is 1. The molecule has 0 radical (unpaired) electrons. The smallest absolute Gasteiger partial charge is 0.240 e. The standard InChI is InChI=1S/C15H21N3O2S/c1-11-6-5-7-14(10-11)21(19,20)16-9-8-15-12(2)17-18(4)13(15)3/h5-7,10,16H,8-9H2,1-4H3. The van der Waals surface area contributed by atoms with Crippen LogP contribution in [0.15, 0.2) is 29.2 Å². The highest BCUT2D eigenvalue weighted by Crippen LogP contribution is 2.13. The molecule has 6 heteroatoms. The van der Waals surface area contributed by atoms with Crippen LogP contribution in [0.2, 0.25) is 0 Å². The van der Waals surface area contributed by atoms with Gasteiger partial charge < -0.3 is 0 Å². The van der Waals surface area contributed by atoms with Gasteiger partial charge in [-0.1, -0.05) is 12.1 Å². The summed E-state index contributed by atoms with van der Waals surface area (Å²) in [6.07, 6.45) is 0.635. The number of sulfonamides is 1. The minimum Gasteiger partial charge on any atom is -0.272 e. The second kappa shape index (κ2) is 5.99. The molecule has 2 rings (SSSR count). The molecule has 0 amide bonds. The summed E-state index contributed by atoms with van der Waals surface area (Å²) in [7, 11) is -1.56. The minimum absolute atomic E-state index is 0.308. The zero-order valence-corrected chi connectivity index (χ0v) is 13.7. The second-order valence-corrected chi connectivity index (χ2v) is 7.00. The molecule has 1 aromatic carbocycles. The zero-order chi connectivity index (χ0) is 15.6. The van der Waals surface area contributed by atoms with Gasteiger partial charge >= 0.3 is 0 Å². The topological polar surface area (TPSA) is 64.0 Å². The van der Waals surface area contributed by atoms with E-state index in [9.17, 15) is 8.42 Å². The number of aromatic nitrogens is 2. The molecule has 1 heterocycles. The first-order valence-corrected chi connectivity index (χ1v) is 8.35. The van der Waals surface area contributed by atoms with Crippen molar-refractivity contribution in [2.45, 2.75) is 32.1 Å². The van der Waals surface area contributed by atoms with Crippen molar-refractivity contribution in [3.8, 4) is 0 Å². The van der Waals surface area contributed by atoms with E-state index in [2.05, 4.69) is 9.82 Å². The third-order valence-corrected chi connectivity index (χ3v) is 5.08. The van der Waals surface area contributed by atoms with Gasteiger partial charge in [0, 0.05) is 19.3 Å². The summed E-state index contributed by atoms with van der Waals surface area (Å²) in [5, 5.41) is 4.33. The third-order valence-electron chi connectivity index (χ3n) is 3.63. The molecule has 114 valence electrons. The molecular formula is C15H21N3O2S. The molecule has 0 fully saturated rings. The molecule has 1 N–H and O–H groups in total. The summed E-state index contributed by atoms with van der Waals surface area (Å²) in [6.45, 7) is 6.17. The summed E-state index contributed by atoms with van der Waals surface area (Å²) < 4.78 is 28.9. The van der Waals surface area contributed by atoms with Crippen molar-refractivity contribution in [2.75, 3.05) is 6.54 Å². The molecule has 0 atom stereocenters. The summed E-state index contributed by atoms with van der Waals surface area (Å²) in [5.41, 5.74) is 4.05. The van der Waals surface area contributed by atoms with Crippen LogP contribution in [0.1, 0.15) is 22.5 Å². The average Bonchev–Trinajstić information content (AvgIpc) is 2.65. The highest BCUT2D eigenvalue weighted by molar-refractivity contribution is 7.89. The van der Waals surface area contributed by atoms with Gasteiger partial charge in [-0.3, -0.25) is 4.68 Å². The molecular weight excluding hydrogens is 286 g/mol. The van der Waals surface area contributed by atoms with Gasteiger partial charge in [-0.25, -0.2) is 13.1 Å². The van der Waals surface area contributed by atoms with E-state index >= 15 is 0 Å². The van der Waals surface area contributed by atoms with Gasteiger partial charge in [-0.2, -0.15) is 5.10 Å². The molecule has 1 aromatic heterocycles. The van der Waals surface area contributed by atoms with Crippen molar-refractivity contribution in [3.63, 3.8) is 0 Å². The van der Waals surface area contributed by atoms with E-state index in [4.69, 9.17) is 0 Å². The molecule has 0 spiro atoms. The summed E-state index contributed by atoms with van der Waals surface area (Å²) in [5.74, 6) is 0. The lowest BCUT2D eigenvalue weighted by Gasteiger charge is -2.08. The third kappa shape index (κ3) is 3.51. The van der Waals surface area contributed by atoms with Gasteiger partial charge in [0.05, 0.1) is 10.6 Å². The van der Waals surface area contributed by atoms with Gasteiger partial charge in [0.1, 0.15) is 0 Å². The molecule has 0 bridgehead atoms. The van der Waals surface area contributed by atoms with Crippen LogP contribution in [-0.2, 0) is 23.5 Å². The Morgan fingerprint density at radius 1 is 1.24 bits per heavy atom. The first-order valence-electron chi connectivity index (χ1n) is 6.86. The van der Waals surface area contributed by atoms with E-state index in [1.807, 2.05) is 38.6 Å². The predicted molar refractivity (Wildman–Crippen MR) is 82.8 cm³/mol. The fourth-order valence-electron chi connectivity index (χ4n) is 2.36. The summed E-state index contributed by atoms with van der Waals surface area (Å²) >= 11 is 0. The maximum Gasteiger partial charge on any atom is 0.240 e. The van der Waals surface area contributed by atoms with Gasteiger partial charge in [-0.05, 0) is 50.5 Å². The molecule has 0 saturated carbocycles. The lowest BCUT2D eigenvalue weighted by atomic mass is 10.1. The van der Waals surface area contributed by atoms with E-state index in [1.165, 1.54) is 0 Å². The van der Waals surface area contributed by atoms with E-state index in [0.717, 1.165) is 22.5 Å². The lowest BCUT2D eigenvalue weighted by molar-refractivity contribution is 0.581. The minimum atomic E-state index is -3.45. The molecule has 21 heavy (non-hydrogen) atoms. The predicted octanol–water partition coefficient (Wildman–Crippen LogP) is 1.87. The summed E-state index contributed by atoms with van der Waals surface area (Å²) in [4.78, 5) is 0.308. The molecule has 0 aliphatic carbocycles. The van der Waals surface area contributed by atoms with Crippen molar-refractivity contribution >= 4 is 10.0 Å². The van der Waals surface area contributed by atoms with Crippen LogP contribution in [0.5, 0.6) is 0 Å². The molecule has 2 aromatic rings. The van der Waals surface area contributed by atoms with Gasteiger partial charge in [0.2, 0.25) is 10.0 Å². The fourth-order valence-corrected chi connectivity index (χ4v) is 3.49. The average molecular weight is 307 g/mol. The van der Waals surface area contributed by atoms with E-state index in [-0.39, 0.29) is 0 Å². The highest BCUT2D eigenvalue weighted by Gasteiger charge is 2.15. The Labute approximate surface area is 126 Å². The van der Waals surface area contributed by atoms with Crippen molar-refractivity contribution in [2.24, 2.45) is 7.05 Å². The number of aryl methyl sites for hydroxylation is 3. The van der Waals surface area contributed by atoms with Gasteiger partial charge in [-0.15, -0.1) is 0 Å². The van der Waals surface area contributed by atoms with E-state index in [0.29, 0.717) is 17.9 Å². The van der Waals surface area contributed by atoms with Crippen LogP contribution in [0.3, 0.4) is 0 Å². The van der Waals surface area contributed by atoms with Crippen LogP contribution >= 0.6 is 0 Å². The Morgan fingerprint density at radius 2 is 1.95 bits per heavy atom. The Hall–Kier alpha value is -1.66. The van der Waals surface area contributed by atoms with Crippen molar-refractivity contribution < 1.29 is 8.42 Å². The number of hydrogen-bond acceptors (Lipinski definition) is 3. The molecule has 5 nitrogen and oxygen atoms in total. The first-order chi connectivity index (χ1) is 9.81. The molecule has 0 aliphatic heterocycles. The van der Waals surface area contributed by atoms with Gasteiger partial charge in [0.25, 0.3) is 0 Å². The van der Waals surface area contributed by atoms with Gasteiger partial charge in [0.15, 0.2) is 0 Å². The lowest BCUT2D eigenvalue weighted by Crippen LogP contribution is -2.26. The van der Waals surface area contributed by atoms with Crippen LogP contribution in [0, 0.1) is 20.8 Å². The van der Waals surface area contributed by atoms with Crippen LogP contribution in [0.25, 0.3) is 0 Å². The molecule has 0 aliphatic rings. The fraction of sp³-hybridized carbons (Fsp3) is 0.400.